The van der Waals surface area contributed by atoms with Gasteiger partial charge in [-0.3, -0.25) is 0 Å². The van der Waals surface area contributed by atoms with Crippen molar-refractivity contribution < 1.29 is 0 Å². The maximum Gasteiger partial charge on any atom is 0.0375 e. The number of nitrogens with one attached hydrogen (secondary N) is 1. The van der Waals surface area contributed by atoms with Crippen LogP contribution in [-0.4, -0.2) is 6.04 Å². The van der Waals surface area contributed by atoms with Crippen molar-refractivity contribution in [3.05, 3.63) is 29.8 Å². The molecule has 1 heteroatoms. The second kappa shape index (κ2) is 5.38. The number of benzene rings is 1. The van der Waals surface area contributed by atoms with Gasteiger partial charge < -0.3 is 5.32 Å². The molecule has 88 valence electrons. The summed E-state index contributed by atoms with van der Waals surface area (Å²) in [7, 11) is 0. The van der Waals surface area contributed by atoms with Crippen molar-refractivity contribution in [3.63, 3.8) is 0 Å². The molecule has 1 aliphatic rings. The molecule has 0 saturated carbocycles. The Kier molecular flexibility index (Phi) is 3.87. The smallest absolute Gasteiger partial charge is 0.0375 e. The van der Waals surface area contributed by atoms with Gasteiger partial charge >= 0.3 is 0 Å². The number of rotatable bonds is 4. The van der Waals surface area contributed by atoms with E-state index in [9.17, 15) is 0 Å². The van der Waals surface area contributed by atoms with E-state index in [2.05, 4.69) is 43.4 Å². The zero-order chi connectivity index (χ0) is 11.4. The molecule has 1 aromatic rings. The first kappa shape index (κ1) is 11.5. The van der Waals surface area contributed by atoms with E-state index in [-0.39, 0.29) is 0 Å². The number of anilines is 1. The maximum absolute atomic E-state index is 3.71. The second-order valence-corrected chi connectivity index (χ2v) is 5.09. The number of unbranched alkanes of at least 4 members (excludes halogenated alkanes) is 2. The molecule has 0 radical (unpaired) electrons. The zero-order valence-corrected chi connectivity index (χ0v) is 10.5. The van der Waals surface area contributed by atoms with E-state index in [1.165, 1.54) is 43.4 Å². The number of hydrogen-bond donors (Lipinski definition) is 1. The molecule has 0 bridgehead atoms. The van der Waals surface area contributed by atoms with Crippen molar-refractivity contribution in [1.82, 2.24) is 0 Å². The molecule has 1 heterocycles. The first-order valence-electron chi connectivity index (χ1n) is 6.65. The van der Waals surface area contributed by atoms with Gasteiger partial charge in [0.1, 0.15) is 0 Å². The monoisotopic (exact) mass is 217 g/mol. The summed E-state index contributed by atoms with van der Waals surface area (Å²) >= 11 is 0. The lowest BCUT2D eigenvalue weighted by atomic mass is 9.86. The van der Waals surface area contributed by atoms with Gasteiger partial charge in [0.2, 0.25) is 0 Å². The highest BCUT2D eigenvalue weighted by Gasteiger charge is 2.23. The van der Waals surface area contributed by atoms with Gasteiger partial charge in [-0.05, 0) is 30.4 Å². The Morgan fingerprint density at radius 2 is 2.06 bits per heavy atom. The third kappa shape index (κ3) is 2.58. The molecule has 2 atom stereocenters. The third-order valence-electron chi connectivity index (χ3n) is 3.71. The van der Waals surface area contributed by atoms with Crippen LogP contribution < -0.4 is 5.32 Å². The minimum Gasteiger partial charge on any atom is -0.382 e. The Hall–Kier alpha value is -0.980. The lowest BCUT2D eigenvalue weighted by molar-refractivity contribution is 0.426. The van der Waals surface area contributed by atoms with Crippen molar-refractivity contribution >= 4 is 5.69 Å². The van der Waals surface area contributed by atoms with Gasteiger partial charge in [-0.15, -0.1) is 0 Å². The first-order chi connectivity index (χ1) is 7.81. The number of fused-ring (bicyclic) bond motifs is 1. The SMILES string of the molecule is CCCCCC1Nc2ccccc2CC1C. The van der Waals surface area contributed by atoms with Crippen molar-refractivity contribution in [2.45, 2.75) is 52.0 Å². The molecule has 0 saturated heterocycles. The molecule has 1 nitrogen and oxygen atoms in total. The standard InChI is InChI=1S/C15H23N/c1-3-4-5-9-14-12(2)11-13-8-6-7-10-15(13)16-14/h6-8,10,12,14,16H,3-5,9,11H2,1-2H3. The summed E-state index contributed by atoms with van der Waals surface area (Å²) in [6.07, 6.45) is 6.61. The van der Waals surface area contributed by atoms with Crippen LogP contribution in [0.3, 0.4) is 0 Å². The average molecular weight is 217 g/mol. The molecule has 2 unspecified atom stereocenters. The maximum atomic E-state index is 3.71. The van der Waals surface area contributed by atoms with E-state index in [0.717, 1.165) is 5.92 Å². The quantitative estimate of drug-likeness (QED) is 0.744. The first-order valence-corrected chi connectivity index (χ1v) is 6.65. The van der Waals surface area contributed by atoms with Crippen molar-refractivity contribution in [2.24, 2.45) is 5.92 Å². The molecule has 1 aromatic carbocycles. The Morgan fingerprint density at radius 1 is 1.25 bits per heavy atom. The van der Waals surface area contributed by atoms with Crippen LogP contribution in [0, 0.1) is 5.92 Å². The van der Waals surface area contributed by atoms with E-state index in [1.54, 1.807) is 0 Å². The highest BCUT2D eigenvalue weighted by molar-refractivity contribution is 5.54. The molecule has 0 aromatic heterocycles. The van der Waals surface area contributed by atoms with Crippen LogP contribution in [0.5, 0.6) is 0 Å². The fraction of sp³-hybridized carbons (Fsp3) is 0.600. The Morgan fingerprint density at radius 3 is 2.88 bits per heavy atom. The van der Waals surface area contributed by atoms with E-state index >= 15 is 0 Å². The molecule has 16 heavy (non-hydrogen) atoms. The summed E-state index contributed by atoms with van der Waals surface area (Å²) in [4.78, 5) is 0. The van der Waals surface area contributed by atoms with Gasteiger partial charge in [-0.25, -0.2) is 0 Å². The van der Waals surface area contributed by atoms with Gasteiger partial charge in [-0.2, -0.15) is 0 Å². The van der Waals surface area contributed by atoms with E-state index in [4.69, 9.17) is 0 Å². The second-order valence-electron chi connectivity index (χ2n) is 5.09. The van der Waals surface area contributed by atoms with Gasteiger partial charge in [0.05, 0.1) is 0 Å². The summed E-state index contributed by atoms with van der Waals surface area (Å²) in [5, 5.41) is 3.71. The van der Waals surface area contributed by atoms with Gasteiger partial charge in [0.25, 0.3) is 0 Å². The van der Waals surface area contributed by atoms with Crippen LogP contribution >= 0.6 is 0 Å². The molecule has 0 amide bonds. The van der Waals surface area contributed by atoms with Gasteiger partial charge in [-0.1, -0.05) is 51.3 Å². The fourth-order valence-electron chi connectivity index (χ4n) is 2.64. The van der Waals surface area contributed by atoms with Crippen LogP contribution in [0.25, 0.3) is 0 Å². The molecule has 1 N–H and O–H groups in total. The van der Waals surface area contributed by atoms with Crippen LogP contribution in [0.4, 0.5) is 5.69 Å². The summed E-state index contributed by atoms with van der Waals surface area (Å²) < 4.78 is 0. The van der Waals surface area contributed by atoms with Gasteiger partial charge in [0, 0.05) is 11.7 Å². The molecule has 0 spiro atoms. The largest absolute Gasteiger partial charge is 0.382 e. The minimum absolute atomic E-state index is 0.682. The predicted octanol–water partition coefficient (Wildman–Crippen LogP) is 4.24. The van der Waals surface area contributed by atoms with Crippen molar-refractivity contribution in [1.29, 1.82) is 0 Å². The van der Waals surface area contributed by atoms with Gasteiger partial charge in [0.15, 0.2) is 0 Å². The van der Waals surface area contributed by atoms with E-state index in [0.29, 0.717) is 6.04 Å². The third-order valence-corrected chi connectivity index (χ3v) is 3.71. The minimum atomic E-state index is 0.682. The summed E-state index contributed by atoms with van der Waals surface area (Å²) in [5.41, 5.74) is 2.85. The topological polar surface area (TPSA) is 12.0 Å². The highest BCUT2D eigenvalue weighted by Crippen LogP contribution is 2.30. The molecule has 0 aliphatic carbocycles. The average Bonchev–Trinajstić information content (AvgIpc) is 2.30. The molecule has 2 rings (SSSR count). The van der Waals surface area contributed by atoms with E-state index < -0.39 is 0 Å². The van der Waals surface area contributed by atoms with Crippen molar-refractivity contribution in [2.75, 3.05) is 5.32 Å². The molecular formula is C15H23N. The summed E-state index contributed by atoms with van der Waals surface area (Å²) in [6, 6.07) is 9.42. The lowest BCUT2D eigenvalue weighted by Crippen LogP contribution is -2.33. The summed E-state index contributed by atoms with van der Waals surface area (Å²) in [5.74, 6) is 0.770. The molecule has 0 fully saturated rings. The van der Waals surface area contributed by atoms with Crippen LogP contribution in [0.15, 0.2) is 24.3 Å². The number of hydrogen-bond acceptors (Lipinski definition) is 1. The highest BCUT2D eigenvalue weighted by atomic mass is 14.9. The normalized spacial score (nSPS) is 23.6. The Balaban J connectivity index is 1.98. The van der Waals surface area contributed by atoms with Crippen LogP contribution in [0.2, 0.25) is 0 Å². The zero-order valence-electron chi connectivity index (χ0n) is 10.5. The van der Waals surface area contributed by atoms with Crippen LogP contribution in [-0.2, 0) is 6.42 Å². The molecular weight excluding hydrogens is 194 g/mol. The Labute approximate surface area is 99.3 Å². The van der Waals surface area contributed by atoms with Crippen molar-refractivity contribution in [3.8, 4) is 0 Å². The lowest BCUT2D eigenvalue weighted by Gasteiger charge is -2.32. The molecule has 1 aliphatic heterocycles. The Bertz CT molecular complexity index is 332. The number of para-hydroxylation sites is 1. The van der Waals surface area contributed by atoms with E-state index in [1.807, 2.05) is 0 Å². The fourth-order valence-corrected chi connectivity index (χ4v) is 2.64. The summed E-state index contributed by atoms with van der Waals surface area (Å²) in [6.45, 7) is 4.65. The van der Waals surface area contributed by atoms with Crippen LogP contribution in [0.1, 0.15) is 45.1 Å². The predicted molar refractivity (Wildman–Crippen MR) is 70.9 cm³/mol.